The summed E-state index contributed by atoms with van der Waals surface area (Å²) in [5.74, 6) is 0.108. The highest BCUT2D eigenvalue weighted by Gasteiger charge is 2.16. The molecule has 0 N–H and O–H groups in total. The predicted octanol–water partition coefficient (Wildman–Crippen LogP) is 3.36. The van der Waals surface area contributed by atoms with Crippen LogP contribution in [0.2, 0.25) is 0 Å². The average molecular weight is 281 g/mol. The van der Waals surface area contributed by atoms with Crippen LogP contribution >= 0.6 is 0 Å². The van der Waals surface area contributed by atoms with Gasteiger partial charge < -0.3 is 4.57 Å². The molecule has 0 fully saturated rings. The molecule has 2 aromatic heterocycles. The highest BCUT2D eigenvalue weighted by Crippen LogP contribution is 2.18. The number of fused-ring (bicyclic) bond motifs is 1. The zero-order valence-electron chi connectivity index (χ0n) is 12.6. The van der Waals surface area contributed by atoms with Gasteiger partial charge in [0.25, 0.3) is 0 Å². The molecule has 0 amide bonds. The van der Waals surface area contributed by atoms with Crippen molar-refractivity contribution in [2.24, 2.45) is 0 Å². The Morgan fingerprint density at radius 2 is 2.00 bits per heavy atom. The maximum atomic E-state index is 12.6. The number of carbonyl (C=O) groups is 1. The second-order valence-corrected chi connectivity index (χ2v) is 5.31. The predicted molar refractivity (Wildman–Crippen MR) is 83.6 cm³/mol. The summed E-state index contributed by atoms with van der Waals surface area (Å²) in [6, 6.07) is 9.92. The highest BCUT2D eigenvalue weighted by molar-refractivity contribution is 5.98. The summed E-state index contributed by atoms with van der Waals surface area (Å²) in [5.41, 5.74) is 3.96. The lowest BCUT2D eigenvalue weighted by Crippen LogP contribution is -2.12. The number of hydrogen-bond donors (Lipinski definition) is 0. The SMILES string of the molecule is CCn1c(C)cc(C(=O)Cn2ncc3ccccc32)c1C. The number of benzene rings is 1. The van der Waals surface area contributed by atoms with Crippen LogP contribution in [0.3, 0.4) is 0 Å². The molecule has 0 bridgehead atoms. The number of rotatable bonds is 4. The van der Waals surface area contributed by atoms with Gasteiger partial charge in [-0.05, 0) is 32.9 Å². The molecule has 0 aliphatic heterocycles. The lowest BCUT2D eigenvalue weighted by atomic mass is 10.1. The minimum Gasteiger partial charge on any atom is -0.349 e. The minimum absolute atomic E-state index is 0.108. The first-order valence-electron chi connectivity index (χ1n) is 7.22. The molecule has 4 heteroatoms. The second-order valence-electron chi connectivity index (χ2n) is 5.31. The molecule has 3 rings (SSSR count). The Hall–Kier alpha value is -2.36. The van der Waals surface area contributed by atoms with Crippen molar-refractivity contribution < 1.29 is 4.79 Å². The molecular formula is C17H19N3O. The smallest absolute Gasteiger partial charge is 0.186 e. The van der Waals surface area contributed by atoms with Crippen LogP contribution in [0.4, 0.5) is 0 Å². The standard InChI is InChI=1S/C17H19N3O/c1-4-19-12(2)9-15(13(19)3)17(21)11-20-16-8-6-5-7-14(16)10-18-20/h5-10H,4,11H2,1-3H3. The van der Waals surface area contributed by atoms with Crippen LogP contribution in [0.15, 0.2) is 36.5 Å². The van der Waals surface area contributed by atoms with Crippen molar-refractivity contribution >= 4 is 16.7 Å². The zero-order chi connectivity index (χ0) is 15.0. The van der Waals surface area contributed by atoms with Crippen LogP contribution in [-0.4, -0.2) is 20.1 Å². The number of nitrogens with zero attached hydrogens (tertiary/aromatic N) is 3. The number of aromatic nitrogens is 3. The maximum absolute atomic E-state index is 12.6. The molecule has 0 unspecified atom stereocenters. The first-order chi connectivity index (χ1) is 10.1. The Morgan fingerprint density at radius 1 is 1.24 bits per heavy atom. The topological polar surface area (TPSA) is 39.8 Å². The fraction of sp³-hybridized carbons (Fsp3) is 0.294. The van der Waals surface area contributed by atoms with Crippen LogP contribution in [0, 0.1) is 13.8 Å². The van der Waals surface area contributed by atoms with Crippen molar-refractivity contribution in [2.75, 3.05) is 0 Å². The van der Waals surface area contributed by atoms with E-state index in [-0.39, 0.29) is 12.3 Å². The molecule has 2 heterocycles. The van der Waals surface area contributed by atoms with Crippen LogP contribution in [0.5, 0.6) is 0 Å². The van der Waals surface area contributed by atoms with E-state index in [2.05, 4.69) is 16.6 Å². The van der Waals surface area contributed by atoms with Gasteiger partial charge in [-0.25, -0.2) is 0 Å². The van der Waals surface area contributed by atoms with E-state index in [4.69, 9.17) is 0 Å². The quantitative estimate of drug-likeness (QED) is 0.688. The van der Waals surface area contributed by atoms with E-state index in [1.54, 1.807) is 10.9 Å². The van der Waals surface area contributed by atoms with E-state index < -0.39 is 0 Å². The third-order valence-electron chi connectivity index (χ3n) is 4.03. The molecule has 3 aromatic rings. The molecule has 0 saturated carbocycles. The third-order valence-corrected chi connectivity index (χ3v) is 4.03. The van der Waals surface area contributed by atoms with Crippen molar-refractivity contribution in [3.8, 4) is 0 Å². The first-order valence-corrected chi connectivity index (χ1v) is 7.22. The summed E-state index contributed by atoms with van der Waals surface area (Å²) >= 11 is 0. The van der Waals surface area contributed by atoms with Gasteiger partial charge in [-0.2, -0.15) is 5.10 Å². The van der Waals surface area contributed by atoms with Crippen LogP contribution in [0.25, 0.3) is 10.9 Å². The summed E-state index contributed by atoms with van der Waals surface area (Å²) in [7, 11) is 0. The Bertz CT molecular complexity index is 811. The van der Waals surface area contributed by atoms with Gasteiger partial charge in [-0.1, -0.05) is 18.2 Å². The fourth-order valence-corrected chi connectivity index (χ4v) is 2.94. The molecule has 0 aliphatic rings. The maximum Gasteiger partial charge on any atom is 0.186 e. The van der Waals surface area contributed by atoms with Gasteiger partial charge in [0.05, 0.1) is 11.7 Å². The Labute approximate surface area is 124 Å². The lowest BCUT2D eigenvalue weighted by molar-refractivity contribution is 0.0968. The summed E-state index contributed by atoms with van der Waals surface area (Å²) in [4.78, 5) is 12.6. The molecule has 0 spiro atoms. The Kier molecular flexibility index (Phi) is 3.37. The van der Waals surface area contributed by atoms with E-state index in [0.717, 1.165) is 34.4 Å². The van der Waals surface area contributed by atoms with E-state index in [1.807, 2.05) is 44.2 Å². The van der Waals surface area contributed by atoms with Crippen LogP contribution < -0.4 is 0 Å². The van der Waals surface area contributed by atoms with Gasteiger partial charge in [-0.15, -0.1) is 0 Å². The van der Waals surface area contributed by atoms with Crippen LogP contribution in [0.1, 0.15) is 28.7 Å². The third kappa shape index (κ3) is 2.27. The van der Waals surface area contributed by atoms with Crippen molar-refractivity contribution in [2.45, 2.75) is 33.9 Å². The van der Waals surface area contributed by atoms with Crippen LogP contribution in [-0.2, 0) is 13.1 Å². The average Bonchev–Trinajstić information content (AvgIpc) is 3.01. The summed E-state index contributed by atoms with van der Waals surface area (Å²) < 4.78 is 3.93. The summed E-state index contributed by atoms with van der Waals surface area (Å²) in [6.07, 6.45) is 1.80. The molecule has 0 saturated heterocycles. The molecule has 108 valence electrons. The van der Waals surface area contributed by atoms with Crippen molar-refractivity contribution in [3.63, 3.8) is 0 Å². The van der Waals surface area contributed by atoms with Gasteiger partial charge in [0.15, 0.2) is 5.78 Å². The van der Waals surface area contributed by atoms with Crippen molar-refractivity contribution in [1.82, 2.24) is 14.3 Å². The van der Waals surface area contributed by atoms with E-state index in [9.17, 15) is 4.79 Å². The van der Waals surface area contributed by atoms with Gasteiger partial charge in [0, 0.05) is 28.9 Å². The molecule has 21 heavy (non-hydrogen) atoms. The number of ketones is 1. The monoisotopic (exact) mass is 281 g/mol. The van der Waals surface area contributed by atoms with Crippen molar-refractivity contribution in [1.29, 1.82) is 0 Å². The number of hydrogen-bond acceptors (Lipinski definition) is 2. The summed E-state index contributed by atoms with van der Waals surface area (Å²) in [6.45, 7) is 7.30. The largest absolute Gasteiger partial charge is 0.349 e. The van der Waals surface area contributed by atoms with Gasteiger partial charge in [-0.3, -0.25) is 9.48 Å². The molecule has 4 nitrogen and oxygen atoms in total. The lowest BCUT2D eigenvalue weighted by Gasteiger charge is -2.06. The van der Waals surface area contributed by atoms with E-state index >= 15 is 0 Å². The van der Waals surface area contributed by atoms with E-state index in [0.29, 0.717) is 0 Å². The fourth-order valence-electron chi connectivity index (χ4n) is 2.94. The number of carbonyl (C=O) groups excluding carboxylic acids is 1. The molecular weight excluding hydrogens is 262 g/mol. The van der Waals surface area contributed by atoms with Gasteiger partial charge in [0.1, 0.15) is 6.54 Å². The first kappa shape index (κ1) is 13.6. The normalized spacial score (nSPS) is 11.2. The molecule has 0 radical (unpaired) electrons. The molecule has 1 aromatic carbocycles. The zero-order valence-corrected chi connectivity index (χ0v) is 12.6. The number of para-hydroxylation sites is 1. The number of Topliss-reactive ketones (excluding diaryl/α,β-unsaturated/α-hetero) is 1. The second kappa shape index (κ2) is 5.20. The molecule has 0 aliphatic carbocycles. The van der Waals surface area contributed by atoms with Gasteiger partial charge in [0.2, 0.25) is 0 Å². The Morgan fingerprint density at radius 3 is 2.71 bits per heavy atom. The molecule has 0 atom stereocenters. The highest BCUT2D eigenvalue weighted by atomic mass is 16.1. The van der Waals surface area contributed by atoms with Gasteiger partial charge >= 0.3 is 0 Å². The minimum atomic E-state index is 0.108. The summed E-state index contributed by atoms with van der Waals surface area (Å²) in [5, 5.41) is 5.39. The Balaban J connectivity index is 1.93. The van der Waals surface area contributed by atoms with E-state index in [1.165, 1.54) is 0 Å². The van der Waals surface area contributed by atoms with Crippen molar-refractivity contribution in [3.05, 3.63) is 53.5 Å². The number of aryl methyl sites for hydroxylation is 1.